The van der Waals surface area contributed by atoms with Crippen LogP contribution in [0.5, 0.6) is 0 Å². The third kappa shape index (κ3) is 5.36. The Morgan fingerprint density at radius 2 is 1.97 bits per heavy atom. The van der Waals surface area contributed by atoms with E-state index in [4.69, 9.17) is 0 Å². The van der Waals surface area contributed by atoms with Crippen molar-refractivity contribution in [2.75, 3.05) is 13.6 Å². The number of hydrogen-bond acceptors (Lipinski definition) is 3. The highest BCUT2D eigenvalue weighted by molar-refractivity contribution is 5.89. The smallest absolute Gasteiger partial charge is 0.338 e. The molecule has 1 aliphatic heterocycles. The Hall–Kier alpha value is -2.84. The minimum absolute atomic E-state index is 0.0510. The molecule has 29 heavy (non-hydrogen) atoms. The van der Waals surface area contributed by atoms with Crippen LogP contribution in [0.3, 0.4) is 0 Å². The minimum atomic E-state index is -4.37. The van der Waals surface area contributed by atoms with Crippen molar-refractivity contribution in [2.45, 2.75) is 39.2 Å². The van der Waals surface area contributed by atoms with Gasteiger partial charge < -0.3 is 14.4 Å². The number of halogens is 3. The number of aromatic nitrogens is 2. The Bertz CT molecular complexity index is 877. The van der Waals surface area contributed by atoms with Gasteiger partial charge in [0.05, 0.1) is 12.5 Å². The standard InChI is InChI=1S/C20H23F3N4O2/c1-14-3-5-15(6-4-14)10-27-11-16(9-18(27)28)19(29)25(2)12-17-24-7-8-26(17)13-20(21,22)23/h3-8,16H,9-13H2,1-2H3. The van der Waals surface area contributed by atoms with Crippen molar-refractivity contribution >= 4 is 11.8 Å². The van der Waals surface area contributed by atoms with E-state index in [2.05, 4.69) is 4.98 Å². The third-order valence-electron chi connectivity index (χ3n) is 4.96. The predicted octanol–water partition coefficient (Wildman–Crippen LogP) is 2.76. The SMILES string of the molecule is Cc1ccc(CN2CC(C(=O)N(C)Cc3nccn3CC(F)(F)F)CC2=O)cc1. The second-order valence-electron chi connectivity index (χ2n) is 7.44. The molecule has 1 aromatic heterocycles. The molecule has 1 atom stereocenters. The lowest BCUT2D eigenvalue weighted by molar-refractivity contribution is -0.141. The fourth-order valence-corrected chi connectivity index (χ4v) is 3.43. The number of amides is 2. The molecule has 1 aromatic carbocycles. The zero-order valence-electron chi connectivity index (χ0n) is 16.3. The van der Waals surface area contributed by atoms with Gasteiger partial charge in [-0.15, -0.1) is 0 Å². The lowest BCUT2D eigenvalue weighted by atomic mass is 10.1. The van der Waals surface area contributed by atoms with E-state index in [0.29, 0.717) is 13.1 Å². The van der Waals surface area contributed by atoms with Gasteiger partial charge in [0.1, 0.15) is 12.4 Å². The van der Waals surface area contributed by atoms with Gasteiger partial charge in [-0.1, -0.05) is 29.8 Å². The van der Waals surface area contributed by atoms with Crippen LogP contribution in [-0.2, 0) is 29.2 Å². The maximum Gasteiger partial charge on any atom is 0.406 e. The summed E-state index contributed by atoms with van der Waals surface area (Å²) in [6.07, 6.45) is -1.75. The number of alkyl halides is 3. The zero-order valence-corrected chi connectivity index (χ0v) is 16.3. The van der Waals surface area contributed by atoms with Crippen molar-refractivity contribution in [1.82, 2.24) is 19.4 Å². The summed E-state index contributed by atoms with van der Waals surface area (Å²) in [5.41, 5.74) is 2.11. The van der Waals surface area contributed by atoms with E-state index in [9.17, 15) is 22.8 Å². The molecule has 1 saturated heterocycles. The van der Waals surface area contributed by atoms with Gasteiger partial charge in [0.15, 0.2) is 0 Å². The van der Waals surface area contributed by atoms with E-state index in [1.54, 1.807) is 4.90 Å². The van der Waals surface area contributed by atoms with Gasteiger partial charge in [-0.3, -0.25) is 9.59 Å². The lowest BCUT2D eigenvalue weighted by Crippen LogP contribution is -2.35. The van der Waals surface area contributed by atoms with Crippen molar-refractivity contribution in [1.29, 1.82) is 0 Å². The summed E-state index contributed by atoms with van der Waals surface area (Å²) >= 11 is 0. The number of carbonyl (C=O) groups is 2. The van der Waals surface area contributed by atoms with Gasteiger partial charge in [-0.2, -0.15) is 13.2 Å². The average molecular weight is 408 g/mol. The number of rotatable bonds is 6. The molecule has 3 rings (SSSR count). The number of likely N-dealkylation sites (tertiary alicyclic amines) is 1. The van der Waals surface area contributed by atoms with E-state index in [1.165, 1.54) is 24.3 Å². The van der Waals surface area contributed by atoms with Crippen molar-refractivity contribution in [2.24, 2.45) is 5.92 Å². The summed E-state index contributed by atoms with van der Waals surface area (Å²) < 4.78 is 38.9. The molecule has 0 bridgehead atoms. The zero-order chi connectivity index (χ0) is 21.2. The summed E-state index contributed by atoms with van der Waals surface area (Å²) in [5, 5.41) is 0. The highest BCUT2D eigenvalue weighted by Crippen LogP contribution is 2.23. The quantitative estimate of drug-likeness (QED) is 0.739. The summed E-state index contributed by atoms with van der Waals surface area (Å²) in [5.74, 6) is -0.731. The molecular formula is C20H23F3N4O2. The van der Waals surface area contributed by atoms with Gasteiger partial charge >= 0.3 is 6.18 Å². The summed E-state index contributed by atoms with van der Waals surface area (Å²) in [7, 11) is 1.52. The molecule has 0 N–H and O–H groups in total. The molecule has 156 valence electrons. The van der Waals surface area contributed by atoms with E-state index >= 15 is 0 Å². The molecule has 0 aliphatic carbocycles. The molecule has 9 heteroatoms. The summed E-state index contributed by atoms with van der Waals surface area (Å²) in [6, 6.07) is 7.83. The Morgan fingerprint density at radius 1 is 1.28 bits per heavy atom. The first-order chi connectivity index (χ1) is 13.6. The van der Waals surface area contributed by atoms with Crippen LogP contribution >= 0.6 is 0 Å². The number of benzene rings is 1. The molecule has 2 heterocycles. The van der Waals surface area contributed by atoms with Crippen LogP contribution in [0.4, 0.5) is 13.2 Å². The van der Waals surface area contributed by atoms with Gasteiger partial charge in [0.2, 0.25) is 11.8 Å². The van der Waals surface area contributed by atoms with E-state index in [1.807, 2.05) is 31.2 Å². The van der Waals surface area contributed by atoms with Crippen LogP contribution in [-0.4, -0.2) is 50.9 Å². The lowest BCUT2D eigenvalue weighted by Gasteiger charge is -2.22. The molecular weight excluding hydrogens is 385 g/mol. The fourth-order valence-electron chi connectivity index (χ4n) is 3.43. The van der Waals surface area contributed by atoms with Gasteiger partial charge in [-0.05, 0) is 12.5 Å². The van der Waals surface area contributed by atoms with E-state index in [-0.39, 0.29) is 30.6 Å². The first-order valence-corrected chi connectivity index (χ1v) is 9.27. The molecule has 2 amide bonds. The monoisotopic (exact) mass is 408 g/mol. The van der Waals surface area contributed by atoms with Crippen LogP contribution in [0.15, 0.2) is 36.7 Å². The number of carbonyl (C=O) groups excluding carboxylic acids is 2. The van der Waals surface area contributed by atoms with Crippen LogP contribution in [0.25, 0.3) is 0 Å². The summed E-state index contributed by atoms with van der Waals surface area (Å²) in [6.45, 7) is 1.51. The van der Waals surface area contributed by atoms with Crippen LogP contribution in [0, 0.1) is 12.8 Å². The van der Waals surface area contributed by atoms with E-state index in [0.717, 1.165) is 15.7 Å². The molecule has 0 radical (unpaired) electrons. The fraction of sp³-hybridized carbons (Fsp3) is 0.450. The van der Waals surface area contributed by atoms with Gasteiger partial charge in [-0.25, -0.2) is 4.98 Å². The van der Waals surface area contributed by atoms with Crippen molar-refractivity contribution < 1.29 is 22.8 Å². The molecule has 6 nitrogen and oxygen atoms in total. The summed E-state index contributed by atoms with van der Waals surface area (Å²) in [4.78, 5) is 32.0. The van der Waals surface area contributed by atoms with Crippen LogP contribution < -0.4 is 0 Å². The number of aryl methyl sites for hydroxylation is 1. The number of nitrogens with zero attached hydrogens (tertiary/aromatic N) is 4. The average Bonchev–Trinajstić information content (AvgIpc) is 3.21. The Labute approximate surface area is 166 Å². The molecule has 1 unspecified atom stereocenters. The predicted molar refractivity (Wildman–Crippen MR) is 99.5 cm³/mol. The molecule has 0 saturated carbocycles. The van der Waals surface area contributed by atoms with E-state index < -0.39 is 18.6 Å². The number of imidazole rings is 1. The van der Waals surface area contributed by atoms with Crippen LogP contribution in [0.1, 0.15) is 23.4 Å². The number of hydrogen-bond donors (Lipinski definition) is 0. The maximum absolute atomic E-state index is 12.7. The third-order valence-corrected chi connectivity index (χ3v) is 4.96. The normalized spacial score (nSPS) is 17.1. The second-order valence-corrected chi connectivity index (χ2v) is 7.44. The van der Waals surface area contributed by atoms with Crippen molar-refractivity contribution in [3.63, 3.8) is 0 Å². The maximum atomic E-state index is 12.7. The van der Waals surface area contributed by atoms with Gasteiger partial charge in [0, 0.05) is 39.0 Å². The largest absolute Gasteiger partial charge is 0.406 e. The Kier molecular flexibility index (Phi) is 5.95. The Morgan fingerprint density at radius 3 is 2.62 bits per heavy atom. The molecule has 0 spiro atoms. The first kappa shape index (κ1) is 20.9. The highest BCUT2D eigenvalue weighted by Gasteiger charge is 2.36. The second kappa shape index (κ2) is 8.26. The topological polar surface area (TPSA) is 58.4 Å². The Balaban J connectivity index is 1.60. The molecule has 2 aromatic rings. The molecule has 1 aliphatic rings. The van der Waals surface area contributed by atoms with Gasteiger partial charge in [0.25, 0.3) is 0 Å². The van der Waals surface area contributed by atoms with Crippen molar-refractivity contribution in [3.8, 4) is 0 Å². The highest BCUT2D eigenvalue weighted by atomic mass is 19.4. The van der Waals surface area contributed by atoms with Crippen LogP contribution in [0.2, 0.25) is 0 Å². The minimum Gasteiger partial charge on any atom is -0.338 e. The molecule has 1 fully saturated rings. The van der Waals surface area contributed by atoms with Crippen molar-refractivity contribution in [3.05, 3.63) is 53.6 Å². The first-order valence-electron chi connectivity index (χ1n) is 9.27.